The number of aromatic amines is 1. The summed E-state index contributed by atoms with van der Waals surface area (Å²) in [6.45, 7) is 2.81. The number of carbonyl (C=O) groups excluding carboxylic acids is 1. The first-order chi connectivity index (χ1) is 12.8. The molecule has 27 heavy (non-hydrogen) atoms. The molecule has 0 saturated carbocycles. The number of H-pyrrole nitrogens is 1. The predicted molar refractivity (Wildman–Crippen MR) is 91.6 cm³/mol. The van der Waals surface area contributed by atoms with Crippen LogP contribution in [0.5, 0.6) is 0 Å². The Hall–Kier alpha value is -2.91. The summed E-state index contributed by atoms with van der Waals surface area (Å²) in [6, 6.07) is 5.30. The molecule has 2 heterocycles. The molecule has 1 aromatic carbocycles. The molecule has 2 N–H and O–H groups in total. The first kappa shape index (κ1) is 18.9. The van der Waals surface area contributed by atoms with Crippen LogP contribution in [0.4, 0.5) is 19.1 Å². The van der Waals surface area contributed by atoms with Gasteiger partial charge in [0.15, 0.2) is 0 Å². The maximum absolute atomic E-state index is 12.7. The third kappa shape index (κ3) is 4.63. The number of carbonyl (C=O) groups is 1. The van der Waals surface area contributed by atoms with Gasteiger partial charge in [0.25, 0.3) is 5.91 Å². The van der Waals surface area contributed by atoms with Crippen LogP contribution in [0.15, 0.2) is 36.0 Å². The lowest BCUT2D eigenvalue weighted by Crippen LogP contribution is -2.38. The number of benzene rings is 1. The van der Waals surface area contributed by atoms with Crippen LogP contribution in [0.25, 0.3) is 0 Å². The molecule has 0 bridgehead atoms. The second-order valence-electron chi connectivity index (χ2n) is 6.41. The lowest BCUT2D eigenvalue weighted by molar-refractivity contribution is -0.137. The topological polar surface area (TPSA) is 86.8 Å². The van der Waals surface area contributed by atoms with Gasteiger partial charge in [-0.3, -0.25) is 4.79 Å². The molecule has 144 valence electrons. The van der Waals surface area contributed by atoms with Crippen molar-refractivity contribution in [2.45, 2.75) is 31.9 Å². The number of hydrogen-bond acceptors (Lipinski definition) is 5. The second kappa shape index (κ2) is 7.77. The Labute approximate surface area is 153 Å². The zero-order valence-corrected chi connectivity index (χ0v) is 14.6. The van der Waals surface area contributed by atoms with Crippen LogP contribution in [0, 0.1) is 0 Å². The molecule has 2 aromatic rings. The maximum atomic E-state index is 12.7. The van der Waals surface area contributed by atoms with Gasteiger partial charge in [-0.25, -0.2) is 5.10 Å². The van der Waals surface area contributed by atoms with Crippen LogP contribution in [0.2, 0.25) is 0 Å². The van der Waals surface area contributed by atoms with Crippen molar-refractivity contribution in [3.8, 4) is 0 Å². The Morgan fingerprint density at radius 2 is 1.93 bits per heavy atom. The average molecular weight is 380 g/mol. The smallest absolute Gasteiger partial charge is 0.339 e. The quantitative estimate of drug-likeness (QED) is 0.797. The number of anilines is 1. The van der Waals surface area contributed by atoms with Gasteiger partial charge in [-0.05, 0) is 53.8 Å². The van der Waals surface area contributed by atoms with Gasteiger partial charge in [0.2, 0.25) is 5.95 Å². The average Bonchev–Trinajstić information content (AvgIpc) is 3.19. The maximum Gasteiger partial charge on any atom is 0.416 e. The number of likely N-dealkylation sites (tertiary alicyclic amines) is 1. The highest BCUT2D eigenvalue weighted by molar-refractivity contribution is 5.93. The van der Waals surface area contributed by atoms with E-state index in [0.717, 1.165) is 17.7 Å². The lowest BCUT2D eigenvalue weighted by atomic mass is 9.89. The molecule has 0 aliphatic carbocycles. The van der Waals surface area contributed by atoms with Crippen LogP contribution < -0.4 is 5.32 Å². The fourth-order valence-electron chi connectivity index (χ4n) is 3.07. The van der Waals surface area contributed by atoms with Crippen LogP contribution in [-0.4, -0.2) is 44.5 Å². The monoisotopic (exact) mass is 380 g/mol. The molecular weight excluding hydrogens is 361 g/mol. The summed E-state index contributed by atoms with van der Waals surface area (Å²) in [5.41, 5.74) is 0.746. The fourth-order valence-corrected chi connectivity index (χ4v) is 3.07. The number of halogens is 3. The minimum atomic E-state index is -4.33. The number of nitrogens with zero attached hydrogens (tertiary/aromatic N) is 4. The highest BCUT2D eigenvalue weighted by Crippen LogP contribution is 2.33. The van der Waals surface area contributed by atoms with E-state index in [9.17, 15) is 18.0 Å². The van der Waals surface area contributed by atoms with Crippen molar-refractivity contribution >= 4 is 11.9 Å². The molecule has 0 radical (unpaired) electrons. The van der Waals surface area contributed by atoms with Crippen LogP contribution in [0.1, 0.15) is 36.8 Å². The van der Waals surface area contributed by atoms with Gasteiger partial charge in [-0.2, -0.15) is 13.2 Å². The normalized spacial score (nSPS) is 16.4. The third-order valence-electron chi connectivity index (χ3n) is 4.60. The van der Waals surface area contributed by atoms with E-state index in [-0.39, 0.29) is 11.8 Å². The summed E-state index contributed by atoms with van der Waals surface area (Å²) >= 11 is 0. The number of alkyl halides is 3. The van der Waals surface area contributed by atoms with E-state index in [1.165, 1.54) is 18.3 Å². The molecule has 1 aliphatic heterocycles. The third-order valence-corrected chi connectivity index (χ3v) is 4.60. The first-order valence-corrected chi connectivity index (χ1v) is 8.48. The van der Waals surface area contributed by atoms with Gasteiger partial charge >= 0.3 is 6.18 Å². The number of rotatable bonds is 4. The molecule has 1 saturated heterocycles. The van der Waals surface area contributed by atoms with Crippen molar-refractivity contribution in [2.75, 3.05) is 18.4 Å². The number of tetrazole rings is 1. The number of hydrogen-bond donors (Lipinski definition) is 2. The van der Waals surface area contributed by atoms with Gasteiger partial charge in [0.05, 0.1) is 5.56 Å². The van der Waals surface area contributed by atoms with E-state index in [1.54, 1.807) is 11.8 Å². The summed E-state index contributed by atoms with van der Waals surface area (Å²) in [5.74, 6) is 0.392. The summed E-state index contributed by atoms with van der Waals surface area (Å²) in [7, 11) is 0. The molecule has 0 spiro atoms. The largest absolute Gasteiger partial charge is 0.416 e. The number of amides is 1. The first-order valence-electron chi connectivity index (χ1n) is 8.48. The van der Waals surface area contributed by atoms with Crippen LogP contribution in [-0.2, 0) is 11.0 Å². The van der Waals surface area contributed by atoms with Gasteiger partial charge in [-0.1, -0.05) is 17.2 Å². The van der Waals surface area contributed by atoms with Gasteiger partial charge in [-0.15, -0.1) is 0 Å². The number of aromatic nitrogens is 4. The molecule has 0 atom stereocenters. The Morgan fingerprint density at radius 1 is 1.26 bits per heavy atom. The molecule has 1 aliphatic rings. The van der Waals surface area contributed by atoms with E-state index >= 15 is 0 Å². The summed E-state index contributed by atoms with van der Waals surface area (Å²) < 4.78 is 38.0. The Kier molecular flexibility index (Phi) is 5.43. The van der Waals surface area contributed by atoms with Crippen molar-refractivity contribution in [1.29, 1.82) is 0 Å². The highest BCUT2D eigenvalue weighted by atomic mass is 19.4. The van der Waals surface area contributed by atoms with Crippen molar-refractivity contribution in [3.63, 3.8) is 0 Å². The Balaban J connectivity index is 1.55. The molecular formula is C17H19F3N6O. The van der Waals surface area contributed by atoms with Crippen molar-refractivity contribution in [3.05, 3.63) is 47.2 Å². The minimum Gasteiger partial charge on any atom is -0.339 e. The Bertz CT molecular complexity index is 793. The van der Waals surface area contributed by atoms with E-state index in [4.69, 9.17) is 0 Å². The Morgan fingerprint density at radius 3 is 2.48 bits per heavy atom. The standard InChI is InChI=1S/C17H19F3N6O/c1-11(10-21-16-22-24-25-23-16)15(27)26-8-6-13(7-9-26)12-2-4-14(5-3-12)17(18,19)20/h2-5,10,13H,6-9H2,1H3,(H2,21,22,23,24,25)/b11-10+. The molecule has 7 nitrogen and oxygen atoms in total. The summed E-state index contributed by atoms with van der Waals surface area (Å²) in [4.78, 5) is 14.2. The molecule has 1 fully saturated rings. The fraction of sp³-hybridized carbons (Fsp3) is 0.412. The molecule has 1 amide bonds. The SMILES string of the molecule is C/C(=C\Nc1nnn[nH]1)C(=O)N1CCC(c2ccc(C(F)(F)F)cc2)CC1. The molecule has 10 heteroatoms. The van der Waals surface area contributed by atoms with E-state index in [0.29, 0.717) is 37.5 Å². The summed E-state index contributed by atoms with van der Waals surface area (Å²) in [5, 5.41) is 15.8. The lowest BCUT2D eigenvalue weighted by Gasteiger charge is -2.32. The van der Waals surface area contributed by atoms with Gasteiger partial charge in [0.1, 0.15) is 0 Å². The predicted octanol–water partition coefficient (Wildman–Crippen LogP) is 2.94. The van der Waals surface area contributed by atoms with Gasteiger partial charge < -0.3 is 10.2 Å². The van der Waals surface area contributed by atoms with Crippen molar-refractivity contribution in [2.24, 2.45) is 0 Å². The van der Waals surface area contributed by atoms with E-state index in [2.05, 4.69) is 25.9 Å². The van der Waals surface area contributed by atoms with E-state index < -0.39 is 11.7 Å². The minimum absolute atomic E-state index is 0.0964. The molecule has 3 rings (SSSR count). The van der Waals surface area contributed by atoms with Crippen molar-refractivity contribution < 1.29 is 18.0 Å². The van der Waals surface area contributed by atoms with Gasteiger partial charge in [0, 0.05) is 24.9 Å². The van der Waals surface area contributed by atoms with E-state index in [1.807, 2.05) is 0 Å². The zero-order chi connectivity index (χ0) is 19.4. The number of nitrogens with one attached hydrogen (secondary N) is 2. The molecule has 0 unspecified atom stereocenters. The van der Waals surface area contributed by atoms with Crippen LogP contribution in [0.3, 0.4) is 0 Å². The molecule has 1 aromatic heterocycles. The van der Waals surface area contributed by atoms with Crippen molar-refractivity contribution in [1.82, 2.24) is 25.5 Å². The zero-order valence-electron chi connectivity index (χ0n) is 14.6. The summed E-state index contributed by atoms with van der Waals surface area (Å²) in [6.07, 6.45) is -1.37. The van der Waals surface area contributed by atoms with Crippen LogP contribution >= 0.6 is 0 Å². The second-order valence-corrected chi connectivity index (χ2v) is 6.41. The number of piperidine rings is 1. The highest BCUT2D eigenvalue weighted by Gasteiger charge is 2.31.